The van der Waals surface area contributed by atoms with E-state index in [1.165, 1.54) is 5.56 Å². The maximum absolute atomic E-state index is 13.0. The molecule has 0 aliphatic carbocycles. The lowest BCUT2D eigenvalue weighted by Gasteiger charge is -2.34. The van der Waals surface area contributed by atoms with Gasteiger partial charge in [-0.2, -0.15) is 0 Å². The fourth-order valence-corrected chi connectivity index (χ4v) is 4.10. The molecule has 1 aromatic heterocycles. The Morgan fingerprint density at radius 1 is 1.33 bits per heavy atom. The minimum absolute atomic E-state index is 0.0690. The average molecular weight is 412 g/mol. The third kappa shape index (κ3) is 4.18. The van der Waals surface area contributed by atoms with Gasteiger partial charge in [0.1, 0.15) is 17.3 Å². The normalized spacial score (nSPS) is 17.7. The van der Waals surface area contributed by atoms with Gasteiger partial charge in [0.25, 0.3) is 5.91 Å². The van der Waals surface area contributed by atoms with Gasteiger partial charge in [-0.3, -0.25) is 9.59 Å². The molecule has 160 valence electrons. The second-order valence-corrected chi connectivity index (χ2v) is 7.76. The maximum atomic E-state index is 13.0. The molecule has 8 heteroatoms. The Kier molecular flexibility index (Phi) is 6.03. The van der Waals surface area contributed by atoms with Crippen LogP contribution in [-0.2, 0) is 28.9 Å². The lowest BCUT2D eigenvalue weighted by molar-refractivity contribution is -0.133. The standard InChI is InChI=1S/C22H28N4O4/c1-15-21-24-18(22(28)23-7-11-29-2)14-25(21)8-9-26(15)20(27)13-16-5-6-19-17(12-16)4-3-10-30-19/h5-6,12,14-15H,3-4,7-11,13H2,1-2H3,(H,23,28)/t15-/m0/s1. The quantitative estimate of drug-likeness (QED) is 0.731. The number of benzene rings is 1. The summed E-state index contributed by atoms with van der Waals surface area (Å²) in [5, 5.41) is 2.78. The number of hydrogen-bond donors (Lipinski definition) is 1. The number of aromatic nitrogens is 2. The number of imidazole rings is 1. The summed E-state index contributed by atoms with van der Waals surface area (Å²) in [7, 11) is 1.59. The Labute approximate surface area is 176 Å². The topological polar surface area (TPSA) is 85.7 Å². The Hall–Kier alpha value is -2.87. The van der Waals surface area contributed by atoms with Crippen molar-refractivity contribution >= 4 is 11.8 Å². The summed E-state index contributed by atoms with van der Waals surface area (Å²) in [6, 6.07) is 5.84. The molecule has 0 fully saturated rings. The van der Waals surface area contributed by atoms with Crippen molar-refractivity contribution in [2.24, 2.45) is 0 Å². The van der Waals surface area contributed by atoms with Gasteiger partial charge in [-0.15, -0.1) is 0 Å². The van der Waals surface area contributed by atoms with E-state index in [0.717, 1.165) is 36.6 Å². The summed E-state index contributed by atoms with van der Waals surface area (Å²) in [6.45, 7) is 4.83. The van der Waals surface area contributed by atoms with Crippen LogP contribution >= 0.6 is 0 Å². The fourth-order valence-electron chi connectivity index (χ4n) is 4.10. The van der Waals surface area contributed by atoms with Gasteiger partial charge in [0.05, 0.1) is 25.7 Å². The van der Waals surface area contributed by atoms with E-state index >= 15 is 0 Å². The van der Waals surface area contributed by atoms with Crippen LogP contribution in [-0.4, -0.2) is 59.7 Å². The number of hydrogen-bond acceptors (Lipinski definition) is 5. The van der Waals surface area contributed by atoms with Crippen molar-refractivity contribution < 1.29 is 19.1 Å². The molecule has 2 amide bonds. The lowest BCUT2D eigenvalue weighted by Crippen LogP contribution is -2.41. The summed E-state index contributed by atoms with van der Waals surface area (Å²) in [5.74, 6) is 1.52. The van der Waals surface area contributed by atoms with E-state index in [9.17, 15) is 9.59 Å². The zero-order chi connectivity index (χ0) is 21.1. The Bertz CT molecular complexity index is 939. The first-order valence-electron chi connectivity index (χ1n) is 10.4. The highest BCUT2D eigenvalue weighted by atomic mass is 16.5. The number of nitrogens with zero attached hydrogens (tertiary/aromatic N) is 3. The van der Waals surface area contributed by atoms with Gasteiger partial charge >= 0.3 is 0 Å². The molecule has 2 aliphatic rings. The van der Waals surface area contributed by atoms with E-state index < -0.39 is 0 Å². The van der Waals surface area contributed by atoms with Crippen molar-refractivity contribution in [3.63, 3.8) is 0 Å². The summed E-state index contributed by atoms with van der Waals surface area (Å²) in [4.78, 5) is 31.7. The van der Waals surface area contributed by atoms with Crippen molar-refractivity contribution in [2.75, 3.05) is 33.4 Å². The highest BCUT2D eigenvalue weighted by Crippen LogP contribution is 2.28. The molecule has 0 unspecified atom stereocenters. The zero-order valence-corrected chi connectivity index (χ0v) is 17.5. The van der Waals surface area contributed by atoms with Crippen molar-refractivity contribution in [2.45, 2.75) is 38.8 Å². The van der Waals surface area contributed by atoms with Gasteiger partial charge in [-0.25, -0.2) is 4.98 Å². The van der Waals surface area contributed by atoms with Gasteiger partial charge in [0.15, 0.2) is 0 Å². The number of methoxy groups -OCH3 is 1. The molecule has 1 N–H and O–H groups in total. The third-order valence-electron chi connectivity index (χ3n) is 5.70. The van der Waals surface area contributed by atoms with Crippen LogP contribution in [0.1, 0.15) is 46.8 Å². The Morgan fingerprint density at radius 2 is 2.20 bits per heavy atom. The second-order valence-electron chi connectivity index (χ2n) is 7.76. The number of nitrogens with one attached hydrogen (secondary N) is 1. The minimum Gasteiger partial charge on any atom is -0.493 e. The molecule has 3 heterocycles. The zero-order valence-electron chi connectivity index (χ0n) is 17.5. The predicted octanol–water partition coefficient (Wildman–Crippen LogP) is 1.73. The van der Waals surface area contributed by atoms with Crippen LogP contribution in [0.15, 0.2) is 24.4 Å². The van der Waals surface area contributed by atoms with E-state index in [2.05, 4.69) is 16.4 Å². The molecule has 4 rings (SSSR count). The number of carbonyl (C=O) groups excluding carboxylic acids is 2. The number of rotatable bonds is 6. The van der Waals surface area contributed by atoms with Gasteiger partial charge in [0.2, 0.25) is 5.91 Å². The largest absolute Gasteiger partial charge is 0.493 e. The summed E-state index contributed by atoms with van der Waals surface area (Å²) in [5.41, 5.74) is 2.55. The molecule has 1 atom stereocenters. The molecular weight excluding hydrogens is 384 g/mol. The van der Waals surface area contributed by atoms with E-state index in [1.807, 2.05) is 28.5 Å². The fraction of sp³-hybridized carbons (Fsp3) is 0.500. The van der Waals surface area contributed by atoms with Crippen LogP contribution in [0.2, 0.25) is 0 Å². The molecule has 0 spiro atoms. The number of carbonyl (C=O) groups is 2. The van der Waals surface area contributed by atoms with E-state index in [4.69, 9.17) is 9.47 Å². The first kappa shape index (κ1) is 20.4. The highest BCUT2D eigenvalue weighted by molar-refractivity contribution is 5.92. The maximum Gasteiger partial charge on any atom is 0.271 e. The monoisotopic (exact) mass is 412 g/mol. The molecule has 1 aromatic carbocycles. The SMILES string of the molecule is COCCNC(=O)c1cn2c(n1)[C@H](C)N(C(=O)Cc1ccc3c(c1)CCCO3)CC2. The first-order chi connectivity index (χ1) is 14.6. The first-order valence-corrected chi connectivity index (χ1v) is 10.4. The van der Waals surface area contributed by atoms with Crippen molar-refractivity contribution in [1.82, 2.24) is 19.8 Å². The second kappa shape index (κ2) is 8.87. The van der Waals surface area contributed by atoms with Crippen molar-refractivity contribution in [3.05, 3.63) is 47.0 Å². The Balaban J connectivity index is 1.43. The van der Waals surface area contributed by atoms with Gasteiger partial charge in [0, 0.05) is 32.9 Å². The van der Waals surface area contributed by atoms with Gasteiger partial charge in [-0.1, -0.05) is 12.1 Å². The van der Waals surface area contributed by atoms with Crippen LogP contribution in [0.3, 0.4) is 0 Å². The van der Waals surface area contributed by atoms with Crippen molar-refractivity contribution in [3.8, 4) is 5.75 Å². The molecule has 30 heavy (non-hydrogen) atoms. The lowest BCUT2D eigenvalue weighted by atomic mass is 10.0. The van der Waals surface area contributed by atoms with Crippen LogP contribution in [0.4, 0.5) is 0 Å². The van der Waals surface area contributed by atoms with Crippen molar-refractivity contribution in [1.29, 1.82) is 0 Å². The van der Waals surface area contributed by atoms with Crippen LogP contribution in [0, 0.1) is 0 Å². The number of fused-ring (bicyclic) bond motifs is 2. The van der Waals surface area contributed by atoms with E-state index in [0.29, 0.717) is 38.4 Å². The average Bonchev–Trinajstić information content (AvgIpc) is 3.19. The summed E-state index contributed by atoms with van der Waals surface area (Å²) in [6.07, 6.45) is 4.11. The van der Waals surface area contributed by atoms with Crippen LogP contribution < -0.4 is 10.1 Å². The third-order valence-corrected chi connectivity index (χ3v) is 5.70. The van der Waals surface area contributed by atoms with E-state index in [1.54, 1.807) is 13.3 Å². The van der Waals surface area contributed by atoms with Gasteiger partial charge < -0.3 is 24.3 Å². The number of ether oxygens (including phenoxy) is 2. The van der Waals surface area contributed by atoms with Gasteiger partial charge in [-0.05, 0) is 37.0 Å². The van der Waals surface area contributed by atoms with E-state index in [-0.39, 0.29) is 17.9 Å². The highest BCUT2D eigenvalue weighted by Gasteiger charge is 2.30. The van der Waals surface area contributed by atoms with Crippen LogP contribution in [0.25, 0.3) is 0 Å². The number of aryl methyl sites for hydroxylation is 1. The molecule has 0 saturated carbocycles. The molecule has 8 nitrogen and oxygen atoms in total. The Morgan fingerprint density at radius 3 is 3.03 bits per heavy atom. The molecule has 0 saturated heterocycles. The smallest absolute Gasteiger partial charge is 0.271 e. The molecule has 0 radical (unpaired) electrons. The summed E-state index contributed by atoms with van der Waals surface area (Å²) >= 11 is 0. The number of amides is 2. The predicted molar refractivity (Wildman–Crippen MR) is 111 cm³/mol. The minimum atomic E-state index is -0.227. The molecule has 0 bridgehead atoms. The summed E-state index contributed by atoms with van der Waals surface area (Å²) < 4.78 is 12.6. The molecular formula is C22H28N4O4. The van der Waals surface area contributed by atoms with Crippen LogP contribution in [0.5, 0.6) is 5.75 Å². The molecule has 2 aliphatic heterocycles. The molecule has 2 aromatic rings.